The molecule has 0 amide bonds. The van der Waals surface area contributed by atoms with Crippen molar-refractivity contribution in [2.75, 3.05) is 13.7 Å². The van der Waals surface area contributed by atoms with Gasteiger partial charge in [0.2, 0.25) is 0 Å². The maximum atomic E-state index is 12.9. The molecule has 0 heterocycles. The predicted octanol–water partition coefficient (Wildman–Crippen LogP) is 1.83. The van der Waals surface area contributed by atoms with Crippen molar-refractivity contribution in [3.63, 3.8) is 0 Å². The van der Waals surface area contributed by atoms with Crippen molar-refractivity contribution in [3.8, 4) is 0 Å². The van der Waals surface area contributed by atoms with E-state index in [1.807, 2.05) is 0 Å². The van der Waals surface area contributed by atoms with Crippen LogP contribution in [0, 0.1) is 11.6 Å². The minimum Gasteiger partial charge on any atom is -0.385 e. The van der Waals surface area contributed by atoms with Gasteiger partial charge in [-0.05, 0) is 30.5 Å². The highest BCUT2D eigenvalue weighted by Gasteiger charge is 2.14. The number of hydrogen-bond acceptors (Lipinski definition) is 3. The number of methoxy groups -OCH3 is 1. The van der Waals surface area contributed by atoms with Gasteiger partial charge >= 0.3 is 0 Å². The molecule has 18 heavy (non-hydrogen) atoms. The second-order valence-electron chi connectivity index (χ2n) is 4.16. The zero-order valence-corrected chi connectivity index (χ0v) is 10.3. The third kappa shape index (κ3) is 4.89. The average Bonchev–Trinajstić information content (AvgIpc) is 2.27. The van der Waals surface area contributed by atoms with Crippen molar-refractivity contribution >= 4 is 5.78 Å². The van der Waals surface area contributed by atoms with Crippen LogP contribution in [0.3, 0.4) is 0 Å². The largest absolute Gasteiger partial charge is 0.385 e. The first-order valence-corrected chi connectivity index (χ1v) is 5.75. The summed E-state index contributed by atoms with van der Waals surface area (Å²) in [6, 6.07) is 2.43. The third-order valence-corrected chi connectivity index (χ3v) is 2.58. The Bertz CT molecular complexity index is 390. The second kappa shape index (κ2) is 7.18. The van der Waals surface area contributed by atoms with Crippen molar-refractivity contribution < 1.29 is 18.3 Å². The molecule has 3 nitrogen and oxygen atoms in total. The number of ketones is 1. The second-order valence-corrected chi connectivity index (χ2v) is 4.16. The van der Waals surface area contributed by atoms with Gasteiger partial charge in [0.05, 0.1) is 6.04 Å². The number of carbonyl (C=O) groups excluding carboxylic acids is 1. The Kier molecular flexibility index (Phi) is 5.88. The fourth-order valence-electron chi connectivity index (χ4n) is 1.65. The minimum atomic E-state index is -0.689. The zero-order valence-electron chi connectivity index (χ0n) is 10.3. The Morgan fingerprint density at radius 3 is 2.50 bits per heavy atom. The number of rotatable bonds is 7. The van der Waals surface area contributed by atoms with E-state index >= 15 is 0 Å². The number of hydrogen-bond donors (Lipinski definition) is 1. The fourth-order valence-corrected chi connectivity index (χ4v) is 1.65. The predicted molar refractivity (Wildman–Crippen MR) is 64.2 cm³/mol. The Hall–Kier alpha value is -1.33. The van der Waals surface area contributed by atoms with E-state index < -0.39 is 17.7 Å². The molecule has 1 aromatic carbocycles. The van der Waals surface area contributed by atoms with Crippen molar-refractivity contribution in [1.29, 1.82) is 0 Å². The van der Waals surface area contributed by atoms with E-state index in [9.17, 15) is 13.6 Å². The lowest BCUT2D eigenvalue weighted by atomic mass is 10.0. The van der Waals surface area contributed by atoms with Crippen LogP contribution in [0.5, 0.6) is 0 Å². The molecule has 0 spiro atoms. The molecule has 0 fully saturated rings. The molecule has 2 N–H and O–H groups in total. The first-order valence-electron chi connectivity index (χ1n) is 5.75. The van der Waals surface area contributed by atoms with E-state index in [-0.39, 0.29) is 12.2 Å². The normalized spacial score (nSPS) is 12.4. The molecule has 0 aliphatic heterocycles. The van der Waals surface area contributed by atoms with Crippen LogP contribution in [-0.4, -0.2) is 25.5 Å². The molecule has 1 unspecified atom stereocenters. The van der Waals surface area contributed by atoms with Gasteiger partial charge in [0, 0.05) is 26.2 Å². The van der Waals surface area contributed by atoms with Gasteiger partial charge in [-0.1, -0.05) is 0 Å². The van der Waals surface area contributed by atoms with Crippen LogP contribution in [0.25, 0.3) is 0 Å². The van der Waals surface area contributed by atoms with Crippen LogP contribution in [-0.2, 0) is 16.0 Å². The highest BCUT2D eigenvalue weighted by atomic mass is 19.1. The van der Waals surface area contributed by atoms with Gasteiger partial charge in [-0.3, -0.25) is 4.79 Å². The minimum absolute atomic E-state index is 0.0527. The fraction of sp³-hybridized carbons (Fsp3) is 0.462. The van der Waals surface area contributed by atoms with E-state index in [0.29, 0.717) is 25.0 Å². The smallest absolute Gasteiger partial charge is 0.153 e. The molecule has 100 valence electrons. The molecule has 0 bridgehead atoms. The number of Topliss-reactive ketones (excluding diaryl/α,β-unsaturated/α-hetero) is 1. The van der Waals surface area contributed by atoms with Crippen LogP contribution in [0.2, 0.25) is 0 Å². The van der Waals surface area contributed by atoms with Gasteiger partial charge in [-0.15, -0.1) is 0 Å². The Balaban J connectivity index is 2.52. The molecule has 1 aromatic rings. The summed E-state index contributed by atoms with van der Waals surface area (Å²) < 4.78 is 30.7. The number of nitrogens with two attached hydrogens (primary N) is 1. The van der Waals surface area contributed by atoms with E-state index in [1.165, 1.54) is 0 Å². The summed E-state index contributed by atoms with van der Waals surface area (Å²) in [6.45, 7) is 0.537. The highest BCUT2D eigenvalue weighted by Crippen LogP contribution is 2.10. The SMILES string of the molecule is COCCCC(N)C(=O)Cc1cc(F)cc(F)c1. The van der Waals surface area contributed by atoms with E-state index in [0.717, 1.165) is 18.2 Å². The summed E-state index contributed by atoms with van der Waals surface area (Å²) in [5.74, 6) is -1.60. The van der Waals surface area contributed by atoms with Crippen molar-refractivity contribution in [2.24, 2.45) is 5.73 Å². The first kappa shape index (κ1) is 14.7. The molecule has 0 aromatic heterocycles. The van der Waals surface area contributed by atoms with Crippen LogP contribution >= 0.6 is 0 Å². The number of ether oxygens (including phenoxy) is 1. The van der Waals surface area contributed by atoms with Crippen molar-refractivity contribution in [3.05, 3.63) is 35.4 Å². The molecular formula is C13H17F2NO2. The van der Waals surface area contributed by atoms with Gasteiger partial charge in [0.15, 0.2) is 5.78 Å². The summed E-state index contributed by atoms with van der Waals surface area (Å²) in [7, 11) is 1.57. The Morgan fingerprint density at radius 2 is 1.94 bits per heavy atom. The zero-order chi connectivity index (χ0) is 13.5. The van der Waals surface area contributed by atoms with Gasteiger partial charge in [0.25, 0.3) is 0 Å². The maximum Gasteiger partial charge on any atom is 0.153 e. The van der Waals surface area contributed by atoms with Crippen LogP contribution in [0.1, 0.15) is 18.4 Å². The topological polar surface area (TPSA) is 52.3 Å². The monoisotopic (exact) mass is 257 g/mol. The summed E-state index contributed by atoms with van der Waals surface area (Å²) >= 11 is 0. The lowest BCUT2D eigenvalue weighted by molar-refractivity contribution is -0.119. The first-order chi connectivity index (χ1) is 8.52. The van der Waals surface area contributed by atoms with E-state index in [1.54, 1.807) is 7.11 Å². The van der Waals surface area contributed by atoms with E-state index in [4.69, 9.17) is 10.5 Å². The lowest BCUT2D eigenvalue weighted by Gasteiger charge is -2.10. The molecule has 0 aliphatic carbocycles. The summed E-state index contributed by atoms with van der Waals surface area (Å²) in [4.78, 5) is 11.7. The molecule has 0 aliphatic rings. The molecule has 1 rings (SSSR count). The van der Waals surface area contributed by atoms with Crippen molar-refractivity contribution in [1.82, 2.24) is 0 Å². The summed E-state index contributed by atoms with van der Waals surface area (Å²) in [5, 5.41) is 0. The van der Waals surface area contributed by atoms with Crippen molar-refractivity contribution in [2.45, 2.75) is 25.3 Å². The van der Waals surface area contributed by atoms with Crippen LogP contribution < -0.4 is 5.73 Å². The average molecular weight is 257 g/mol. The van der Waals surface area contributed by atoms with E-state index in [2.05, 4.69) is 0 Å². The van der Waals surface area contributed by atoms with Gasteiger partial charge in [0.1, 0.15) is 11.6 Å². The molecule has 0 radical (unpaired) electrons. The highest BCUT2D eigenvalue weighted by molar-refractivity contribution is 5.85. The molecule has 0 saturated heterocycles. The van der Waals surface area contributed by atoms with Gasteiger partial charge in [-0.2, -0.15) is 0 Å². The number of benzene rings is 1. The molecule has 5 heteroatoms. The Labute approximate surface area is 105 Å². The van der Waals surface area contributed by atoms with Gasteiger partial charge < -0.3 is 10.5 Å². The van der Waals surface area contributed by atoms with Crippen LogP contribution in [0.15, 0.2) is 18.2 Å². The summed E-state index contributed by atoms with van der Waals surface area (Å²) in [6.07, 6.45) is 1.13. The standard InChI is InChI=1S/C13H17F2NO2/c1-18-4-2-3-12(16)13(17)7-9-5-10(14)8-11(15)6-9/h5-6,8,12H,2-4,7,16H2,1H3. The summed E-state index contributed by atoms with van der Waals surface area (Å²) in [5.41, 5.74) is 5.99. The lowest BCUT2D eigenvalue weighted by Crippen LogP contribution is -2.32. The molecule has 1 atom stereocenters. The number of halogens is 2. The maximum absolute atomic E-state index is 12.9. The number of carbonyl (C=O) groups is 1. The van der Waals surface area contributed by atoms with Crippen LogP contribution in [0.4, 0.5) is 8.78 Å². The Morgan fingerprint density at radius 1 is 1.33 bits per heavy atom. The van der Waals surface area contributed by atoms with Gasteiger partial charge in [-0.25, -0.2) is 8.78 Å². The third-order valence-electron chi connectivity index (χ3n) is 2.58. The quantitative estimate of drug-likeness (QED) is 0.758. The molecule has 0 saturated carbocycles. The molecular weight excluding hydrogens is 240 g/mol.